The first-order chi connectivity index (χ1) is 9.08. The predicted molar refractivity (Wildman–Crippen MR) is 83.3 cm³/mol. The van der Waals surface area contributed by atoms with Gasteiger partial charge in [-0.1, -0.05) is 61.9 Å². The van der Waals surface area contributed by atoms with Gasteiger partial charge in [-0.2, -0.15) is 0 Å². The maximum absolute atomic E-state index is 3.50. The summed E-state index contributed by atoms with van der Waals surface area (Å²) in [7, 11) is 0. The van der Waals surface area contributed by atoms with Crippen molar-refractivity contribution in [2.75, 3.05) is 0 Å². The van der Waals surface area contributed by atoms with E-state index in [-0.39, 0.29) is 0 Å². The van der Waals surface area contributed by atoms with Gasteiger partial charge in [0, 0.05) is 12.6 Å². The zero-order valence-electron chi connectivity index (χ0n) is 12.3. The molecule has 0 saturated heterocycles. The smallest absolute Gasteiger partial charge is 0.0214 e. The fourth-order valence-corrected chi connectivity index (χ4v) is 2.37. The van der Waals surface area contributed by atoms with Crippen LogP contribution in [0.4, 0.5) is 0 Å². The van der Waals surface area contributed by atoms with Gasteiger partial charge in [-0.05, 0) is 36.1 Å². The summed E-state index contributed by atoms with van der Waals surface area (Å²) in [6.45, 7) is 9.61. The van der Waals surface area contributed by atoms with Crippen LogP contribution in [-0.4, -0.2) is 6.04 Å². The van der Waals surface area contributed by atoms with Crippen LogP contribution in [0.5, 0.6) is 0 Å². The van der Waals surface area contributed by atoms with Crippen LogP contribution in [0.2, 0.25) is 0 Å². The van der Waals surface area contributed by atoms with E-state index < -0.39 is 0 Å². The Morgan fingerprint density at radius 2 is 1.68 bits per heavy atom. The van der Waals surface area contributed by atoms with E-state index >= 15 is 0 Å². The summed E-state index contributed by atoms with van der Waals surface area (Å²) in [5.74, 6) is 0. The third-order valence-electron chi connectivity index (χ3n) is 3.39. The van der Waals surface area contributed by atoms with Crippen molar-refractivity contribution < 1.29 is 0 Å². The first-order valence-electron chi connectivity index (χ1n) is 6.97. The summed E-state index contributed by atoms with van der Waals surface area (Å²) in [5, 5.41) is 3.50. The quantitative estimate of drug-likeness (QED) is 0.847. The van der Waals surface area contributed by atoms with Crippen LogP contribution in [0.3, 0.4) is 0 Å². The molecule has 2 aromatic carbocycles. The number of hydrogen-bond acceptors (Lipinski definition) is 1. The van der Waals surface area contributed by atoms with Gasteiger partial charge in [0.15, 0.2) is 0 Å². The summed E-state index contributed by atoms with van der Waals surface area (Å²) >= 11 is 0. The van der Waals surface area contributed by atoms with E-state index in [1.807, 2.05) is 0 Å². The fourth-order valence-electron chi connectivity index (χ4n) is 2.37. The van der Waals surface area contributed by atoms with E-state index in [2.05, 4.69) is 75.5 Å². The molecule has 0 aliphatic rings. The van der Waals surface area contributed by atoms with Crippen LogP contribution in [-0.2, 0) is 6.54 Å². The maximum Gasteiger partial charge on any atom is 0.0214 e. The van der Waals surface area contributed by atoms with Gasteiger partial charge in [0.2, 0.25) is 0 Å². The highest BCUT2D eigenvalue weighted by molar-refractivity contribution is 5.70. The standard InChI is InChI=1S/C18H23N/c1-13(2)19-12-16-7-5-6-8-18(16)17-10-9-14(3)11-15(17)4/h5-11,13,19H,12H2,1-4H3. The van der Waals surface area contributed by atoms with Crippen LogP contribution in [0.25, 0.3) is 11.1 Å². The molecule has 0 radical (unpaired) electrons. The maximum atomic E-state index is 3.50. The minimum absolute atomic E-state index is 0.507. The summed E-state index contributed by atoms with van der Waals surface area (Å²) in [6, 6.07) is 15.8. The lowest BCUT2D eigenvalue weighted by molar-refractivity contribution is 0.589. The summed E-state index contributed by atoms with van der Waals surface area (Å²) in [5.41, 5.74) is 6.71. The fraction of sp³-hybridized carbons (Fsp3) is 0.333. The van der Waals surface area contributed by atoms with Crippen molar-refractivity contribution in [3.8, 4) is 11.1 Å². The number of hydrogen-bond donors (Lipinski definition) is 1. The Morgan fingerprint density at radius 3 is 2.37 bits per heavy atom. The molecule has 0 bridgehead atoms. The van der Waals surface area contributed by atoms with Crippen LogP contribution < -0.4 is 5.32 Å². The van der Waals surface area contributed by atoms with E-state index in [0.29, 0.717) is 6.04 Å². The van der Waals surface area contributed by atoms with Gasteiger partial charge >= 0.3 is 0 Å². The minimum Gasteiger partial charge on any atom is -0.310 e. The molecule has 0 unspecified atom stereocenters. The molecule has 0 aromatic heterocycles. The van der Waals surface area contributed by atoms with Crippen LogP contribution >= 0.6 is 0 Å². The Labute approximate surface area is 116 Å². The molecule has 1 heteroatoms. The highest BCUT2D eigenvalue weighted by Crippen LogP contribution is 2.27. The Morgan fingerprint density at radius 1 is 0.947 bits per heavy atom. The second kappa shape index (κ2) is 6.03. The number of nitrogens with one attached hydrogen (secondary N) is 1. The van der Waals surface area contributed by atoms with Gasteiger partial charge in [0.25, 0.3) is 0 Å². The lowest BCUT2D eigenvalue weighted by Crippen LogP contribution is -2.22. The molecular formula is C18H23N. The zero-order valence-corrected chi connectivity index (χ0v) is 12.3. The van der Waals surface area contributed by atoms with E-state index in [4.69, 9.17) is 0 Å². The second-order valence-electron chi connectivity index (χ2n) is 5.51. The summed E-state index contributed by atoms with van der Waals surface area (Å²) in [4.78, 5) is 0. The van der Waals surface area contributed by atoms with Gasteiger partial charge in [-0.15, -0.1) is 0 Å². The van der Waals surface area contributed by atoms with E-state index in [9.17, 15) is 0 Å². The molecule has 0 amide bonds. The minimum atomic E-state index is 0.507. The molecule has 100 valence electrons. The van der Waals surface area contributed by atoms with Gasteiger partial charge in [-0.25, -0.2) is 0 Å². The number of benzene rings is 2. The lowest BCUT2D eigenvalue weighted by atomic mass is 9.95. The lowest BCUT2D eigenvalue weighted by Gasteiger charge is -2.14. The predicted octanol–water partition coefficient (Wildman–Crippen LogP) is 4.47. The largest absolute Gasteiger partial charge is 0.310 e. The average molecular weight is 253 g/mol. The SMILES string of the molecule is Cc1ccc(-c2ccccc2CNC(C)C)c(C)c1. The Hall–Kier alpha value is -1.60. The topological polar surface area (TPSA) is 12.0 Å². The van der Waals surface area contributed by atoms with E-state index in [1.54, 1.807) is 0 Å². The monoisotopic (exact) mass is 253 g/mol. The average Bonchev–Trinajstić information content (AvgIpc) is 2.37. The highest BCUT2D eigenvalue weighted by Gasteiger charge is 2.07. The summed E-state index contributed by atoms with van der Waals surface area (Å²) in [6.07, 6.45) is 0. The molecule has 0 aliphatic carbocycles. The van der Waals surface area contributed by atoms with Crippen LogP contribution in [0.1, 0.15) is 30.5 Å². The molecular weight excluding hydrogens is 230 g/mol. The normalized spacial score (nSPS) is 11.0. The first-order valence-corrected chi connectivity index (χ1v) is 6.97. The second-order valence-corrected chi connectivity index (χ2v) is 5.51. The van der Waals surface area contributed by atoms with Crippen molar-refractivity contribution in [1.29, 1.82) is 0 Å². The highest BCUT2D eigenvalue weighted by atomic mass is 14.9. The van der Waals surface area contributed by atoms with Crippen molar-refractivity contribution in [1.82, 2.24) is 5.32 Å². The first kappa shape index (κ1) is 13.8. The number of aryl methyl sites for hydroxylation is 2. The Bertz CT molecular complexity index is 555. The molecule has 0 fully saturated rings. The Kier molecular flexibility index (Phi) is 4.39. The van der Waals surface area contributed by atoms with Gasteiger partial charge in [0.1, 0.15) is 0 Å². The molecule has 19 heavy (non-hydrogen) atoms. The Balaban J connectivity index is 2.38. The van der Waals surface area contributed by atoms with Crippen molar-refractivity contribution in [2.45, 2.75) is 40.3 Å². The molecule has 0 spiro atoms. The van der Waals surface area contributed by atoms with Gasteiger partial charge in [-0.3, -0.25) is 0 Å². The molecule has 2 aromatic rings. The van der Waals surface area contributed by atoms with Crippen molar-refractivity contribution in [2.24, 2.45) is 0 Å². The molecule has 0 heterocycles. The molecule has 0 atom stereocenters. The van der Waals surface area contributed by atoms with Crippen LogP contribution in [0, 0.1) is 13.8 Å². The molecule has 1 nitrogen and oxygen atoms in total. The molecule has 0 saturated carbocycles. The van der Waals surface area contributed by atoms with E-state index in [0.717, 1.165) is 6.54 Å². The van der Waals surface area contributed by atoms with Crippen LogP contribution in [0.15, 0.2) is 42.5 Å². The van der Waals surface area contributed by atoms with E-state index in [1.165, 1.54) is 27.8 Å². The van der Waals surface area contributed by atoms with Crippen molar-refractivity contribution >= 4 is 0 Å². The third kappa shape index (κ3) is 3.45. The van der Waals surface area contributed by atoms with Gasteiger partial charge in [0.05, 0.1) is 0 Å². The zero-order chi connectivity index (χ0) is 13.8. The molecule has 2 rings (SSSR count). The number of rotatable bonds is 4. The van der Waals surface area contributed by atoms with Crippen molar-refractivity contribution in [3.05, 3.63) is 59.2 Å². The van der Waals surface area contributed by atoms with Gasteiger partial charge < -0.3 is 5.32 Å². The summed E-state index contributed by atoms with van der Waals surface area (Å²) < 4.78 is 0. The molecule has 0 aliphatic heterocycles. The van der Waals surface area contributed by atoms with Crippen molar-refractivity contribution in [3.63, 3.8) is 0 Å². The third-order valence-corrected chi connectivity index (χ3v) is 3.39. The molecule has 1 N–H and O–H groups in total.